The van der Waals surface area contributed by atoms with Gasteiger partial charge in [-0.25, -0.2) is 10.2 Å². The van der Waals surface area contributed by atoms with Gasteiger partial charge in [0.1, 0.15) is 5.75 Å². The molecule has 0 aliphatic heterocycles. The number of carboxylic acid groups (broad SMARTS) is 1. The maximum Gasteiger partial charge on any atom is 0.341 e. The van der Waals surface area contributed by atoms with Crippen molar-refractivity contribution in [2.45, 2.75) is 0 Å². The number of hydrazone groups is 1. The monoisotopic (exact) mass is 332 g/mol. The quantitative estimate of drug-likeness (QED) is 0.628. The number of ether oxygens (including phenoxy) is 1. The molecule has 0 heterocycles. The molecular weight excluding hydrogens is 320 g/mol. The fourth-order valence-electron chi connectivity index (χ4n) is 1.67. The van der Waals surface area contributed by atoms with Crippen LogP contribution in [0.3, 0.4) is 0 Å². The minimum atomic E-state index is -1.09. The Labute approximate surface area is 137 Å². The maximum atomic E-state index is 11.8. The third-order valence-electron chi connectivity index (χ3n) is 2.72. The molecule has 23 heavy (non-hydrogen) atoms. The van der Waals surface area contributed by atoms with Crippen molar-refractivity contribution in [3.05, 3.63) is 64.7 Å². The largest absolute Gasteiger partial charge is 0.480 e. The molecule has 0 fully saturated rings. The Balaban J connectivity index is 1.96. The zero-order valence-electron chi connectivity index (χ0n) is 11.9. The van der Waals surface area contributed by atoms with Crippen molar-refractivity contribution in [1.82, 2.24) is 5.43 Å². The summed E-state index contributed by atoms with van der Waals surface area (Å²) < 4.78 is 5.01. The molecule has 118 valence electrons. The van der Waals surface area contributed by atoms with Crippen LogP contribution in [0.5, 0.6) is 5.75 Å². The van der Waals surface area contributed by atoms with Crippen LogP contribution < -0.4 is 10.2 Å². The molecule has 0 aromatic heterocycles. The van der Waals surface area contributed by atoms with Crippen LogP contribution in [0.25, 0.3) is 0 Å². The van der Waals surface area contributed by atoms with Crippen LogP contribution in [-0.2, 0) is 4.79 Å². The fourth-order valence-corrected chi connectivity index (χ4v) is 1.92. The number of halogens is 1. The minimum absolute atomic E-state index is 0.254. The molecule has 0 aliphatic rings. The molecular formula is C16H13ClN2O4. The molecule has 7 heteroatoms. The summed E-state index contributed by atoms with van der Waals surface area (Å²) in [6, 6.07) is 13.4. The number of aliphatic carboxylic acids is 1. The van der Waals surface area contributed by atoms with E-state index in [1.54, 1.807) is 36.4 Å². The number of nitrogens with one attached hydrogen (secondary N) is 1. The Morgan fingerprint density at radius 2 is 1.96 bits per heavy atom. The summed E-state index contributed by atoms with van der Waals surface area (Å²) >= 11 is 5.98. The van der Waals surface area contributed by atoms with Crippen LogP contribution >= 0.6 is 11.6 Å². The highest BCUT2D eigenvalue weighted by molar-refractivity contribution is 6.32. The van der Waals surface area contributed by atoms with Crippen LogP contribution in [0.1, 0.15) is 15.9 Å². The predicted octanol–water partition coefficient (Wildman–Crippen LogP) is 2.57. The first-order chi connectivity index (χ1) is 11.1. The Morgan fingerprint density at radius 1 is 1.22 bits per heavy atom. The molecule has 2 rings (SSSR count). The molecule has 0 atom stereocenters. The van der Waals surface area contributed by atoms with E-state index in [1.807, 2.05) is 6.07 Å². The summed E-state index contributed by atoms with van der Waals surface area (Å²) in [7, 11) is 0. The van der Waals surface area contributed by atoms with Crippen LogP contribution in [0.4, 0.5) is 0 Å². The van der Waals surface area contributed by atoms with E-state index in [0.717, 1.165) is 0 Å². The summed E-state index contributed by atoms with van der Waals surface area (Å²) in [5.41, 5.74) is 3.53. The normalized spacial score (nSPS) is 10.5. The van der Waals surface area contributed by atoms with E-state index in [2.05, 4.69) is 10.5 Å². The standard InChI is InChI=1S/C16H13ClN2O4/c17-13-8-11(6-7-14(13)23-10-15(20)21)9-18-19-16(22)12-4-2-1-3-5-12/h1-9H,10H2,(H,19,22)(H,20,21)/b18-9+. The zero-order valence-corrected chi connectivity index (χ0v) is 12.7. The molecule has 0 saturated carbocycles. The second kappa shape index (κ2) is 7.95. The van der Waals surface area contributed by atoms with Crippen LogP contribution in [0.2, 0.25) is 5.02 Å². The number of carbonyl (C=O) groups is 2. The van der Waals surface area contributed by atoms with E-state index in [1.165, 1.54) is 12.3 Å². The Bertz CT molecular complexity index is 732. The molecule has 0 unspecified atom stereocenters. The highest BCUT2D eigenvalue weighted by Crippen LogP contribution is 2.24. The van der Waals surface area contributed by atoms with Crippen molar-refractivity contribution in [3.63, 3.8) is 0 Å². The number of hydrogen-bond donors (Lipinski definition) is 2. The lowest BCUT2D eigenvalue weighted by Crippen LogP contribution is -2.17. The van der Waals surface area contributed by atoms with Gasteiger partial charge in [0.2, 0.25) is 0 Å². The number of nitrogens with zero attached hydrogens (tertiary/aromatic N) is 1. The van der Waals surface area contributed by atoms with Crippen molar-refractivity contribution in [3.8, 4) is 5.75 Å². The number of benzene rings is 2. The number of carbonyl (C=O) groups excluding carboxylic acids is 1. The number of hydrogen-bond acceptors (Lipinski definition) is 4. The summed E-state index contributed by atoms with van der Waals surface area (Å²) in [6.07, 6.45) is 1.42. The minimum Gasteiger partial charge on any atom is -0.480 e. The lowest BCUT2D eigenvalue weighted by molar-refractivity contribution is -0.139. The van der Waals surface area contributed by atoms with Crippen molar-refractivity contribution in [2.24, 2.45) is 5.10 Å². The molecule has 6 nitrogen and oxygen atoms in total. The van der Waals surface area contributed by atoms with Crippen LogP contribution in [0, 0.1) is 0 Å². The SMILES string of the molecule is O=C(O)COc1ccc(/C=N/NC(=O)c2ccccc2)cc1Cl. The van der Waals surface area contributed by atoms with Crippen LogP contribution in [0.15, 0.2) is 53.6 Å². The van der Waals surface area contributed by atoms with E-state index in [4.69, 9.17) is 21.4 Å². The zero-order chi connectivity index (χ0) is 16.7. The second-order valence-corrected chi connectivity index (χ2v) is 4.84. The molecule has 0 aliphatic carbocycles. The van der Waals surface area contributed by atoms with Gasteiger partial charge in [-0.1, -0.05) is 29.8 Å². The van der Waals surface area contributed by atoms with Crippen molar-refractivity contribution >= 4 is 29.7 Å². The lowest BCUT2D eigenvalue weighted by Gasteiger charge is -2.05. The average molecular weight is 333 g/mol. The molecule has 2 N–H and O–H groups in total. The van der Waals surface area contributed by atoms with Gasteiger partial charge < -0.3 is 9.84 Å². The van der Waals surface area contributed by atoms with Crippen molar-refractivity contribution in [1.29, 1.82) is 0 Å². The first-order valence-corrected chi connectivity index (χ1v) is 6.96. The first kappa shape index (κ1) is 16.5. The van der Waals surface area contributed by atoms with Gasteiger partial charge >= 0.3 is 5.97 Å². The highest BCUT2D eigenvalue weighted by atomic mass is 35.5. The molecule has 0 saturated heterocycles. The summed E-state index contributed by atoms with van der Waals surface area (Å²) in [4.78, 5) is 22.2. The van der Waals surface area contributed by atoms with Gasteiger partial charge in [-0.15, -0.1) is 0 Å². The van der Waals surface area contributed by atoms with Crippen LogP contribution in [-0.4, -0.2) is 29.8 Å². The van der Waals surface area contributed by atoms with Crippen molar-refractivity contribution < 1.29 is 19.4 Å². The Kier molecular flexibility index (Phi) is 5.71. The van der Waals surface area contributed by atoms with E-state index in [0.29, 0.717) is 11.1 Å². The number of amides is 1. The average Bonchev–Trinajstić information content (AvgIpc) is 2.54. The lowest BCUT2D eigenvalue weighted by atomic mass is 10.2. The third-order valence-corrected chi connectivity index (χ3v) is 3.02. The number of carboxylic acids is 1. The van der Waals surface area contributed by atoms with E-state index in [9.17, 15) is 9.59 Å². The summed E-state index contributed by atoms with van der Waals surface area (Å²) in [6.45, 7) is -0.472. The Morgan fingerprint density at radius 3 is 2.61 bits per heavy atom. The Hall–Kier alpha value is -2.86. The molecule has 0 radical (unpaired) electrons. The molecule has 2 aromatic rings. The predicted molar refractivity (Wildman–Crippen MR) is 86.1 cm³/mol. The van der Waals surface area contributed by atoms with E-state index < -0.39 is 12.6 Å². The highest BCUT2D eigenvalue weighted by Gasteiger charge is 2.05. The van der Waals surface area contributed by atoms with Gasteiger partial charge in [-0.2, -0.15) is 5.10 Å². The van der Waals surface area contributed by atoms with E-state index >= 15 is 0 Å². The fraction of sp³-hybridized carbons (Fsp3) is 0.0625. The van der Waals surface area contributed by atoms with Gasteiger partial charge in [-0.05, 0) is 35.9 Å². The smallest absolute Gasteiger partial charge is 0.341 e. The van der Waals surface area contributed by atoms with Gasteiger partial charge in [0.15, 0.2) is 6.61 Å². The second-order valence-electron chi connectivity index (χ2n) is 4.44. The van der Waals surface area contributed by atoms with Crippen molar-refractivity contribution in [2.75, 3.05) is 6.61 Å². The maximum absolute atomic E-state index is 11.8. The topological polar surface area (TPSA) is 88.0 Å². The van der Waals surface area contributed by atoms with Gasteiger partial charge in [0.25, 0.3) is 5.91 Å². The van der Waals surface area contributed by atoms with Gasteiger partial charge in [0.05, 0.1) is 11.2 Å². The summed E-state index contributed by atoms with van der Waals surface area (Å²) in [5.74, 6) is -1.15. The van der Waals surface area contributed by atoms with Gasteiger partial charge in [0, 0.05) is 5.56 Å². The number of rotatable bonds is 6. The third kappa shape index (κ3) is 5.12. The molecule has 0 bridgehead atoms. The van der Waals surface area contributed by atoms with Gasteiger partial charge in [-0.3, -0.25) is 4.79 Å². The summed E-state index contributed by atoms with van der Waals surface area (Å²) in [5, 5.41) is 12.7. The van der Waals surface area contributed by atoms with E-state index in [-0.39, 0.29) is 16.7 Å². The molecule has 0 spiro atoms. The molecule has 1 amide bonds. The first-order valence-electron chi connectivity index (χ1n) is 6.59. The molecule has 2 aromatic carbocycles.